The Labute approximate surface area is 146 Å². The van der Waals surface area contributed by atoms with Crippen molar-refractivity contribution in [1.29, 1.82) is 0 Å². The molecule has 25 heavy (non-hydrogen) atoms. The maximum atomic E-state index is 13.2. The van der Waals surface area contributed by atoms with Crippen LogP contribution in [0.3, 0.4) is 0 Å². The second kappa shape index (κ2) is 7.46. The van der Waals surface area contributed by atoms with E-state index in [-0.39, 0.29) is 24.2 Å². The first-order valence-corrected chi connectivity index (χ1v) is 7.99. The van der Waals surface area contributed by atoms with Crippen LogP contribution in [0.4, 0.5) is 4.39 Å². The summed E-state index contributed by atoms with van der Waals surface area (Å²) in [5, 5.41) is 5.45. The predicted molar refractivity (Wildman–Crippen MR) is 92.1 cm³/mol. The molecule has 2 rings (SSSR count). The molecule has 6 nitrogen and oxygen atoms in total. The summed E-state index contributed by atoms with van der Waals surface area (Å²) in [6, 6.07) is 5.32. The Morgan fingerprint density at radius 2 is 1.88 bits per heavy atom. The summed E-state index contributed by atoms with van der Waals surface area (Å²) in [5.74, 6) is -0.305. The Morgan fingerprint density at radius 1 is 1.24 bits per heavy atom. The number of hydrogen-bond acceptors (Lipinski definition) is 3. The molecule has 0 radical (unpaired) electrons. The third kappa shape index (κ3) is 4.89. The number of carbonyl (C=O) groups excluding carboxylic acids is 2. The minimum atomic E-state index is -0.573. The highest BCUT2D eigenvalue weighted by Crippen LogP contribution is 2.20. The number of amides is 2. The predicted octanol–water partition coefficient (Wildman–Crippen LogP) is 1.93. The third-order valence-electron chi connectivity index (χ3n) is 3.72. The van der Waals surface area contributed by atoms with Crippen molar-refractivity contribution in [3.8, 4) is 0 Å². The second-order valence-electron chi connectivity index (χ2n) is 6.88. The van der Waals surface area contributed by atoms with E-state index in [0.29, 0.717) is 11.4 Å². The fourth-order valence-corrected chi connectivity index (χ4v) is 2.25. The molecule has 0 fully saturated rings. The lowest BCUT2D eigenvalue weighted by molar-refractivity contribution is -0.131. The van der Waals surface area contributed by atoms with Gasteiger partial charge in [0.25, 0.3) is 0 Å². The standard InChI is InChI=1S/C18H23FN4O2/c1-18(2,3)17(25)21-11-14(24)22-15(16-20-9-10-23(16)4)12-5-7-13(19)8-6-12/h5-10,15H,11H2,1-4H3,(H,21,25)(H,22,24). The van der Waals surface area contributed by atoms with Crippen LogP contribution in [-0.4, -0.2) is 27.9 Å². The molecular formula is C18H23FN4O2. The van der Waals surface area contributed by atoms with Crippen LogP contribution in [0.25, 0.3) is 0 Å². The Balaban J connectivity index is 2.14. The molecule has 0 aliphatic heterocycles. The molecule has 1 unspecified atom stereocenters. The van der Waals surface area contributed by atoms with Gasteiger partial charge in [0, 0.05) is 24.9 Å². The van der Waals surface area contributed by atoms with E-state index in [2.05, 4.69) is 15.6 Å². The van der Waals surface area contributed by atoms with Gasteiger partial charge < -0.3 is 15.2 Å². The molecule has 7 heteroatoms. The number of aryl methyl sites for hydroxylation is 1. The molecular weight excluding hydrogens is 323 g/mol. The molecule has 0 aliphatic carbocycles. The number of hydrogen-bond donors (Lipinski definition) is 2. The number of halogens is 1. The minimum absolute atomic E-state index is 0.141. The van der Waals surface area contributed by atoms with E-state index in [1.165, 1.54) is 12.1 Å². The van der Waals surface area contributed by atoms with Gasteiger partial charge in [0.1, 0.15) is 17.7 Å². The van der Waals surface area contributed by atoms with E-state index < -0.39 is 11.5 Å². The highest BCUT2D eigenvalue weighted by Gasteiger charge is 2.24. The molecule has 2 aromatic rings. The van der Waals surface area contributed by atoms with Gasteiger partial charge in [-0.2, -0.15) is 0 Å². The quantitative estimate of drug-likeness (QED) is 0.868. The van der Waals surface area contributed by atoms with Crippen molar-refractivity contribution in [2.24, 2.45) is 12.5 Å². The van der Waals surface area contributed by atoms with Gasteiger partial charge in [-0.1, -0.05) is 32.9 Å². The van der Waals surface area contributed by atoms with Crippen molar-refractivity contribution in [1.82, 2.24) is 20.2 Å². The van der Waals surface area contributed by atoms with E-state index in [1.807, 2.05) is 7.05 Å². The molecule has 134 valence electrons. The molecule has 2 amide bonds. The van der Waals surface area contributed by atoms with E-state index in [0.717, 1.165) is 0 Å². The average molecular weight is 346 g/mol. The maximum Gasteiger partial charge on any atom is 0.240 e. The van der Waals surface area contributed by atoms with Crippen LogP contribution in [0.1, 0.15) is 38.2 Å². The summed E-state index contributed by atoms with van der Waals surface area (Å²) in [6.07, 6.45) is 3.39. The smallest absolute Gasteiger partial charge is 0.240 e. The van der Waals surface area contributed by atoms with Gasteiger partial charge in [-0.15, -0.1) is 0 Å². The lowest BCUT2D eigenvalue weighted by Crippen LogP contribution is -2.43. The summed E-state index contributed by atoms with van der Waals surface area (Å²) >= 11 is 0. The van der Waals surface area contributed by atoms with Crippen molar-refractivity contribution in [2.45, 2.75) is 26.8 Å². The van der Waals surface area contributed by atoms with Gasteiger partial charge in [-0.25, -0.2) is 9.37 Å². The fourth-order valence-electron chi connectivity index (χ4n) is 2.25. The van der Waals surface area contributed by atoms with E-state index >= 15 is 0 Å². The topological polar surface area (TPSA) is 76.0 Å². The normalized spacial score (nSPS) is 12.5. The second-order valence-corrected chi connectivity index (χ2v) is 6.88. The van der Waals surface area contributed by atoms with Gasteiger partial charge in [0.2, 0.25) is 11.8 Å². The van der Waals surface area contributed by atoms with Crippen molar-refractivity contribution in [3.05, 3.63) is 53.9 Å². The summed E-state index contributed by atoms with van der Waals surface area (Å²) < 4.78 is 15.0. The van der Waals surface area contributed by atoms with Gasteiger partial charge in [-0.3, -0.25) is 9.59 Å². The van der Waals surface area contributed by atoms with E-state index in [4.69, 9.17) is 0 Å². The van der Waals surface area contributed by atoms with Gasteiger partial charge in [0.15, 0.2) is 0 Å². The summed E-state index contributed by atoms with van der Waals surface area (Å²) in [4.78, 5) is 28.5. The number of aromatic nitrogens is 2. The van der Waals surface area contributed by atoms with Gasteiger partial charge >= 0.3 is 0 Å². The molecule has 2 N–H and O–H groups in total. The first kappa shape index (κ1) is 18.6. The molecule has 0 saturated carbocycles. The molecule has 1 heterocycles. The number of carbonyl (C=O) groups is 2. The Hall–Kier alpha value is -2.70. The van der Waals surface area contributed by atoms with Crippen LogP contribution in [0, 0.1) is 11.2 Å². The molecule has 0 saturated heterocycles. The van der Waals surface area contributed by atoms with Gasteiger partial charge in [0.05, 0.1) is 6.54 Å². The Kier molecular flexibility index (Phi) is 5.56. The summed E-state index contributed by atoms with van der Waals surface area (Å²) in [5.41, 5.74) is 0.127. The first-order valence-electron chi connectivity index (χ1n) is 7.99. The highest BCUT2D eigenvalue weighted by atomic mass is 19.1. The highest BCUT2D eigenvalue weighted by molar-refractivity contribution is 5.87. The maximum absolute atomic E-state index is 13.2. The van der Waals surface area contributed by atoms with E-state index in [9.17, 15) is 14.0 Å². The molecule has 0 bridgehead atoms. The monoisotopic (exact) mass is 346 g/mol. The van der Waals surface area contributed by atoms with Crippen LogP contribution in [0.5, 0.6) is 0 Å². The third-order valence-corrected chi connectivity index (χ3v) is 3.72. The summed E-state index contributed by atoms with van der Waals surface area (Å²) in [7, 11) is 1.81. The molecule has 1 aromatic carbocycles. The zero-order chi connectivity index (χ0) is 18.6. The lowest BCUT2D eigenvalue weighted by atomic mass is 9.96. The summed E-state index contributed by atoms with van der Waals surface area (Å²) in [6.45, 7) is 5.18. The molecule has 1 atom stereocenters. The Morgan fingerprint density at radius 3 is 2.40 bits per heavy atom. The molecule has 0 spiro atoms. The van der Waals surface area contributed by atoms with Crippen LogP contribution >= 0.6 is 0 Å². The van der Waals surface area contributed by atoms with Crippen molar-refractivity contribution >= 4 is 11.8 Å². The average Bonchev–Trinajstić information content (AvgIpc) is 2.96. The lowest BCUT2D eigenvalue weighted by Gasteiger charge is -2.21. The number of nitrogens with one attached hydrogen (secondary N) is 2. The van der Waals surface area contributed by atoms with Crippen molar-refractivity contribution < 1.29 is 14.0 Å². The molecule has 1 aromatic heterocycles. The van der Waals surface area contributed by atoms with Crippen molar-refractivity contribution in [3.63, 3.8) is 0 Å². The van der Waals surface area contributed by atoms with Crippen LogP contribution in [0.2, 0.25) is 0 Å². The zero-order valence-corrected chi connectivity index (χ0v) is 14.8. The van der Waals surface area contributed by atoms with Crippen LogP contribution < -0.4 is 10.6 Å². The van der Waals surface area contributed by atoms with Crippen LogP contribution in [-0.2, 0) is 16.6 Å². The number of rotatable bonds is 5. The minimum Gasteiger partial charge on any atom is -0.347 e. The number of nitrogens with zero attached hydrogens (tertiary/aromatic N) is 2. The van der Waals surface area contributed by atoms with Crippen molar-refractivity contribution in [2.75, 3.05) is 6.54 Å². The van der Waals surface area contributed by atoms with E-state index in [1.54, 1.807) is 49.9 Å². The zero-order valence-electron chi connectivity index (χ0n) is 14.8. The fraction of sp³-hybridized carbons (Fsp3) is 0.389. The van der Waals surface area contributed by atoms with Gasteiger partial charge in [-0.05, 0) is 17.7 Å². The largest absolute Gasteiger partial charge is 0.347 e. The molecule has 0 aliphatic rings. The first-order chi connectivity index (χ1) is 11.7. The Bertz CT molecular complexity index is 747. The number of imidazole rings is 1. The SMILES string of the molecule is Cn1ccnc1C(NC(=O)CNC(=O)C(C)(C)C)c1ccc(F)cc1. The van der Waals surface area contributed by atoms with Crippen LogP contribution in [0.15, 0.2) is 36.7 Å². The number of benzene rings is 1.